The highest BCUT2D eigenvalue weighted by atomic mass is 19.1. The second-order valence-corrected chi connectivity index (χ2v) is 10.4. The van der Waals surface area contributed by atoms with Crippen LogP contribution in [0.4, 0.5) is 17.6 Å². The number of ketones is 1. The SMILES string of the molecule is CC(C)(C)C(=O)c1cc(CO)ccc1-c1cc(F)ccc1F.COC(=O)c1cc(CO)ccc1-c1cc(F)ccc1F. The predicted molar refractivity (Wildman–Crippen MR) is 151 cm³/mol. The molecule has 0 atom stereocenters. The fourth-order valence-corrected chi connectivity index (χ4v) is 4.13. The molecule has 0 saturated carbocycles. The first kappa shape index (κ1) is 32.2. The third-order valence-corrected chi connectivity index (χ3v) is 6.30. The Hall–Kier alpha value is -4.34. The van der Waals surface area contributed by atoms with E-state index in [9.17, 15) is 32.3 Å². The zero-order chi connectivity index (χ0) is 31.2. The van der Waals surface area contributed by atoms with Crippen molar-refractivity contribution < 1.29 is 42.1 Å². The molecular weight excluding hydrogens is 552 g/mol. The van der Waals surface area contributed by atoms with Gasteiger partial charge < -0.3 is 14.9 Å². The second kappa shape index (κ2) is 13.5. The molecule has 0 amide bonds. The van der Waals surface area contributed by atoms with Crippen molar-refractivity contribution in [2.45, 2.75) is 34.0 Å². The van der Waals surface area contributed by atoms with E-state index in [0.29, 0.717) is 16.7 Å². The van der Waals surface area contributed by atoms with E-state index in [1.165, 1.54) is 31.4 Å². The number of carbonyl (C=O) groups excluding carboxylic acids is 2. The summed E-state index contributed by atoms with van der Waals surface area (Å²) in [4.78, 5) is 24.4. The lowest BCUT2D eigenvalue weighted by molar-refractivity contribution is 0.0601. The van der Waals surface area contributed by atoms with Crippen molar-refractivity contribution >= 4 is 11.8 Å². The summed E-state index contributed by atoms with van der Waals surface area (Å²) in [6.45, 7) is 4.78. The Morgan fingerprint density at radius 2 is 1.07 bits per heavy atom. The molecule has 220 valence electrons. The third kappa shape index (κ3) is 7.48. The number of rotatable bonds is 6. The molecular formula is C33H30F4O5. The van der Waals surface area contributed by atoms with Crippen molar-refractivity contribution in [3.8, 4) is 22.3 Å². The van der Waals surface area contributed by atoms with Crippen molar-refractivity contribution in [3.63, 3.8) is 0 Å². The first-order valence-corrected chi connectivity index (χ1v) is 12.8. The van der Waals surface area contributed by atoms with Crippen LogP contribution in [-0.2, 0) is 18.0 Å². The average Bonchev–Trinajstić information content (AvgIpc) is 2.98. The maximum atomic E-state index is 14.1. The Balaban J connectivity index is 0.000000231. The van der Waals surface area contributed by atoms with Crippen LogP contribution in [0.1, 0.15) is 52.6 Å². The van der Waals surface area contributed by atoms with Crippen LogP contribution in [0.2, 0.25) is 0 Å². The topological polar surface area (TPSA) is 83.8 Å². The Morgan fingerprint density at radius 1 is 0.643 bits per heavy atom. The van der Waals surface area contributed by atoms with Crippen LogP contribution < -0.4 is 0 Å². The van der Waals surface area contributed by atoms with Gasteiger partial charge in [-0.1, -0.05) is 45.0 Å². The van der Waals surface area contributed by atoms with Crippen LogP contribution >= 0.6 is 0 Å². The smallest absolute Gasteiger partial charge is 0.338 e. The normalized spacial score (nSPS) is 11.0. The lowest BCUT2D eigenvalue weighted by Crippen LogP contribution is -2.21. The second-order valence-electron chi connectivity index (χ2n) is 10.4. The lowest BCUT2D eigenvalue weighted by atomic mass is 9.82. The summed E-state index contributed by atoms with van der Waals surface area (Å²) in [5.41, 5.74) is 1.26. The monoisotopic (exact) mass is 582 g/mol. The van der Waals surface area contributed by atoms with Gasteiger partial charge >= 0.3 is 5.97 Å². The molecule has 0 radical (unpaired) electrons. The molecule has 0 aliphatic rings. The number of esters is 1. The van der Waals surface area contributed by atoms with Gasteiger partial charge in [0.15, 0.2) is 5.78 Å². The first-order valence-electron chi connectivity index (χ1n) is 12.8. The van der Waals surface area contributed by atoms with E-state index >= 15 is 0 Å². The molecule has 4 aromatic carbocycles. The molecule has 0 fully saturated rings. The van der Waals surface area contributed by atoms with E-state index in [0.717, 1.165) is 36.4 Å². The fourth-order valence-electron chi connectivity index (χ4n) is 4.13. The molecule has 0 aromatic heterocycles. The summed E-state index contributed by atoms with van der Waals surface area (Å²) in [6, 6.07) is 15.2. The van der Waals surface area contributed by atoms with Gasteiger partial charge in [-0.15, -0.1) is 0 Å². The van der Waals surface area contributed by atoms with Crippen LogP contribution in [0, 0.1) is 28.7 Å². The van der Waals surface area contributed by atoms with E-state index in [1.54, 1.807) is 32.9 Å². The summed E-state index contributed by atoms with van der Waals surface area (Å²) in [5.74, 6) is -3.30. The summed E-state index contributed by atoms with van der Waals surface area (Å²) in [6.07, 6.45) is 0. The Bertz CT molecular complexity index is 1610. The van der Waals surface area contributed by atoms with Crippen molar-refractivity contribution in [1.29, 1.82) is 0 Å². The van der Waals surface area contributed by atoms with Crippen LogP contribution in [0.3, 0.4) is 0 Å². The molecule has 0 aliphatic heterocycles. The predicted octanol–water partition coefficient (Wildman–Crippen LogP) is 7.26. The number of hydrogen-bond acceptors (Lipinski definition) is 5. The van der Waals surface area contributed by atoms with Gasteiger partial charge in [-0.05, 0) is 70.8 Å². The van der Waals surface area contributed by atoms with Crippen LogP contribution in [0.5, 0.6) is 0 Å². The molecule has 4 aromatic rings. The van der Waals surface area contributed by atoms with E-state index in [-0.39, 0.29) is 46.8 Å². The maximum Gasteiger partial charge on any atom is 0.338 e. The highest BCUT2D eigenvalue weighted by molar-refractivity contribution is 6.05. The fraction of sp³-hybridized carbons (Fsp3) is 0.212. The maximum absolute atomic E-state index is 14.1. The van der Waals surface area contributed by atoms with Crippen molar-refractivity contribution in [3.05, 3.63) is 118 Å². The molecule has 5 nitrogen and oxygen atoms in total. The minimum atomic E-state index is -0.682. The number of aliphatic hydroxyl groups excluding tert-OH is 2. The molecule has 0 aliphatic carbocycles. The molecule has 0 unspecified atom stereocenters. The van der Waals surface area contributed by atoms with E-state index in [4.69, 9.17) is 5.11 Å². The van der Waals surface area contributed by atoms with Gasteiger partial charge in [-0.25, -0.2) is 22.4 Å². The molecule has 2 N–H and O–H groups in total. The number of benzene rings is 4. The quantitative estimate of drug-likeness (QED) is 0.142. The summed E-state index contributed by atoms with van der Waals surface area (Å²) < 4.78 is 59.2. The molecule has 9 heteroatoms. The zero-order valence-corrected chi connectivity index (χ0v) is 23.5. The summed E-state index contributed by atoms with van der Waals surface area (Å²) >= 11 is 0. The Morgan fingerprint density at radius 3 is 1.48 bits per heavy atom. The standard InChI is InChI=1S/C18H18F2O2.C15H12F2O3/c1-18(2,3)17(22)15-8-11(10-21)4-6-13(15)14-9-12(19)5-7-16(14)20;1-20-15(19)13-6-9(8-18)2-4-11(13)12-7-10(16)3-5-14(12)17/h4-9,21H,10H2,1-3H3;2-7,18H,8H2,1H3. The average molecular weight is 583 g/mol. The van der Waals surface area contributed by atoms with Gasteiger partial charge in [0.05, 0.1) is 25.9 Å². The number of ether oxygens (including phenoxy) is 1. The first-order chi connectivity index (χ1) is 19.8. The molecule has 0 saturated heterocycles. The van der Waals surface area contributed by atoms with Gasteiger partial charge in [0.2, 0.25) is 0 Å². The van der Waals surface area contributed by atoms with Gasteiger partial charge in [0.25, 0.3) is 0 Å². The van der Waals surface area contributed by atoms with E-state index in [2.05, 4.69) is 4.74 Å². The van der Waals surface area contributed by atoms with Crippen molar-refractivity contribution in [2.24, 2.45) is 5.41 Å². The number of carbonyl (C=O) groups is 2. The number of aliphatic hydroxyl groups is 2. The lowest BCUT2D eigenvalue weighted by Gasteiger charge is -2.20. The van der Waals surface area contributed by atoms with E-state index < -0.39 is 34.7 Å². The zero-order valence-electron chi connectivity index (χ0n) is 23.5. The minimum absolute atomic E-state index is 0.0325. The third-order valence-electron chi connectivity index (χ3n) is 6.30. The molecule has 42 heavy (non-hydrogen) atoms. The largest absolute Gasteiger partial charge is 0.465 e. The molecule has 0 bridgehead atoms. The van der Waals surface area contributed by atoms with Gasteiger partial charge in [0.1, 0.15) is 23.3 Å². The molecule has 0 spiro atoms. The van der Waals surface area contributed by atoms with Crippen molar-refractivity contribution in [1.82, 2.24) is 0 Å². The molecule has 0 heterocycles. The van der Waals surface area contributed by atoms with Gasteiger partial charge in [-0.2, -0.15) is 0 Å². The van der Waals surface area contributed by atoms with Crippen LogP contribution in [0.25, 0.3) is 22.3 Å². The summed E-state index contributed by atoms with van der Waals surface area (Å²) in [7, 11) is 1.19. The molecule has 4 rings (SSSR count). The summed E-state index contributed by atoms with van der Waals surface area (Å²) in [5, 5.41) is 18.4. The highest BCUT2D eigenvalue weighted by Crippen LogP contribution is 2.33. The number of methoxy groups -OCH3 is 1. The van der Waals surface area contributed by atoms with Crippen molar-refractivity contribution in [2.75, 3.05) is 7.11 Å². The number of halogens is 4. The van der Waals surface area contributed by atoms with Gasteiger partial charge in [0, 0.05) is 22.1 Å². The van der Waals surface area contributed by atoms with Crippen LogP contribution in [0.15, 0.2) is 72.8 Å². The number of Topliss-reactive ketones (excluding diaryl/α,β-unsaturated/α-hetero) is 1. The van der Waals surface area contributed by atoms with Gasteiger partial charge in [-0.3, -0.25) is 4.79 Å². The minimum Gasteiger partial charge on any atom is -0.465 e. The Labute approximate surface area is 241 Å². The van der Waals surface area contributed by atoms with Crippen LogP contribution in [-0.4, -0.2) is 29.1 Å². The highest BCUT2D eigenvalue weighted by Gasteiger charge is 2.26. The number of hydrogen-bond donors (Lipinski definition) is 2. The van der Waals surface area contributed by atoms with E-state index in [1.807, 2.05) is 0 Å². The Kier molecular flexibility index (Phi) is 10.4.